The van der Waals surface area contributed by atoms with E-state index in [2.05, 4.69) is 5.32 Å². The third kappa shape index (κ3) is 2.96. The molecule has 24 heavy (non-hydrogen) atoms. The van der Waals surface area contributed by atoms with Gasteiger partial charge in [-0.25, -0.2) is 4.39 Å². The summed E-state index contributed by atoms with van der Waals surface area (Å²) in [7, 11) is 1.64. The smallest absolute Gasteiger partial charge is 0.143 e. The monoisotopic (exact) mass is 325 g/mol. The number of anilines is 1. The van der Waals surface area contributed by atoms with Crippen molar-refractivity contribution < 1.29 is 13.9 Å². The molecule has 0 aromatic heterocycles. The highest BCUT2D eigenvalue weighted by atomic mass is 19.1. The molecule has 2 aromatic rings. The highest BCUT2D eigenvalue weighted by Crippen LogP contribution is 2.38. The second kappa shape index (κ2) is 6.19. The van der Waals surface area contributed by atoms with E-state index in [-0.39, 0.29) is 5.82 Å². The maximum atomic E-state index is 14.3. The fraction of sp³-hybridized carbons (Fsp3) is 0.300. The van der Waals surface area contributed by atoms with Crippen molar-refractivity contribution in [2.45, 2.75) is 12.8 Å². The van der Waals surface area contributed by atoms with Gasteiger partial charge in [0, 0.05) is 12.1 Å². The van der Waals surface area contributed by atoms with Crippen LogP contribution in [0.4, 0.5) is 10.1 Å². The second-order valence-electron chi connectivity index (χ2n) is 6.34. The van der Waals surface area contributed by atoms with Gasteiger partial charge >= 0.3 is 0 Å². The maximum Gasteiger partial charge on any atom is 0.143 e. The fourth-order valence-electron chi connectivity index (χ4n) is 2.91. The molecule has 124 valence electrons. The molecule has 0 radical (unpaired) electrons. The third-order valence-corrected chi connectivity index (χ3v) is 4.56. The van der Waals surface area contributed by atoms with E-state index in [4.69, 9.17) is 9.47 Å². The summed E-state index contributed by atoms with van der Waals surface area (Å²) in [5, 5.41) is 3.33. The normalized spacial score (nSPS) is 16.0. The molecular formula is C20H20FNO2. The van der Waals surface area contributed by atoms with Crippen molar-refractivity contribution in [3.8, 4) is 11.5 Å². The van der Waals surface area contributed by atoms with Gasteiger partial charge in [0.25, 0.3) is 0 Å². The molecule has 4 heteroatoms. The Morgan fingerprint density at radius 2 is 1.92 bits per heavy atom. The molecule has 0 atom stereocenters. The van der Waals surface area contributed by atoms with Crippen LogP contribution in [0.15, 0.2) is 36.4 Å². The molecule has 0 bridgehead atoms. The van der Waals surface area contributed by atoms with Crippen molar-refractivity contribution in [3.63, 3.8) is 0 Å². The number of rotatable bonds is 5. The van der Waals surface area contributed by atoms with Crippen LogP contribution in [0.2, 0.25) is 0 Å². The van der Waals surface area contributed by atoms with Gasteiger partial charge in [-0.3, -0.25) is 0 Å². The van der Waals surface area contributed by atoms with E-state index in [1.807, 2.05) is 30.3 Å². The van der Waals surface area contributed by atoms with E-state index in [0.717, 1.165) is 34.9 Å². The van der Waals surface area contributed by atoms with E-state index in [1.165, 1.54) is 18.9 Å². The summed E-state index contributed by atoms with van der Waals surface area (Å²) in [6.45, 7) is 1.36. The van der Waals surface area contributed by atoms with Gasteiger partial charge in [0.05, 0.1) is 19.4 Å². The SMILES string of the molecule is COc1ccc(C2=Cc3c(F)ccc(OCC4CC4)c3NC2)cc1. The van der Waals surface area contributed by atoms with Gasteiger partial charge in [0.15, 0.2) is 0 Å². The molecule has 1 aliphatic carbocycles. The Morgan fingerprint density at radius 1 is 1.12 bits per heavy atom. The lowest BCUT2D eigenvalue weighted by Gasteiger charge is -2.22. The average molecular weight is 325 g/mol. The largest absolute Gasteiger partial charge is 0.497 e. The van der Waals surface area contributed by atoms with Crippen molar-refractivity contribution in [1.29, 1.82) is 0 Å². The lowest BCUT2D eigenvalue weighted by Crippen LogP contribution is -2.13. The first-order chi connectivity index (χ1) is 11.7. The van der Waals surface area contributed by atoms with Crippen LogP contribution < -0.4 is 14.8 Å². The van der Waals surface area contributed by atoms with Crippen molar-refractivity contribution in [2.75, 3.05) is 25.6 Å². The molecule has 0 amide bonds. The molecule has 3 nitrogen and oxygen atoms in total. The number of fused-ring (bicyclic) bond motifs is 1. The molecule has 2 aromatic carbocycles. The number of methoxy groups -OCH3 is 1. The zero-order chi connectivity index (χ0) is 16.5. The number of nitrogens with one attached hydrogen (secondary N) is 1. The van der Waals surface area contributed by atoms with Crippen LogP contribution in [0.3, 0.4) is 0 Å². The van der Waals surface area contributed by atoms with Crippen LogP contribution in [-0.2, 0) is 0 Å². The molecule has 4 rings (SSSR count). The van der Waals surface area contributed by atoms with Crippen LogP contribution in [0.1, 0.15) is 24.0 Å². The van der Waals surface area contributed by atoms with Crippen LogP contribution in [0, 0.1) is 11.7 Å². The third-order valence-electron chi connectivity index (χ3n) is 4.56. The number of hydrogen-bond donors (Lipinski definition) is 1. The summed E-state index contributed by atoms with van der Waals surface area (Å²) in [4.78, 5) is 0. The average Bonchev–Trinajstić information content (AvgIpc) is 3.45. The van der Waals surface area contributed by atoms with Gasteiger partial charge in [0.1, 0.15) is 17.3 Å². The Kier molecular flexibility index (Phi) is 3.89. The summed E-state index contributed by atoms with van der Waals surface area (Å²) >= 11 is 0. The van der Waals surface area contributed by atoms with Gasteiger partial charge in [-0.2, -0.15) is 0 Å². The first-order valence-electron chi connectivity index (χ1n) is 8.29. The van der Waals surface area contributed by atoms with E-state index in [0.29, 0.717) is 18.0 Å². The molecule has 0 spiro atoms. The lowest BCUT2D eigenvalue weighted by molar-refractivity contribution is 0.300. The number of hydrogen-bond acceptors (Lipinski definition) is 3. The van der Waals surface area contributed by atoms with Crippen molar-refractivity contribution in [3.05, 3.63) is 53.3 Å². The zero-order valence-electron chi connectivity index (χ0n) is 13.6. The number of benzene rings is 2. The summed E-state index contributed by atoms with van der Waals surface area (Å²) in [6.07, 6.45) is 4.38. The topological polar surface area (TPSA) is 30.5 Å². The zero-order valence-corrected chi connectivity index (χ0v) is 13.6. The molecule has 1 fully saturated rings. The summed E-state index contributed by atoms with van der Waals surface area (Å²) in [6, 6.07) is 11.0. The van der Waals surface area contributed by atoms with Crippen LogP contribution in [0.5, 0.6) is 11.5 Å². The van der Waals surface area contributed by atoms with E-state index >= 15 is 0 Å². The van der Waals surface area contributed by atoms with Crippen LogP contribution in [-0.4, -0.2) is 20.3 Å². The summed E-state index contributed by atoms with van der Waals surface area (Å²) < 4.78 is 25.4. The Hall–Kier alpha value is -2.49. The molecule has 0 saturated heterocycles. The summed E-state index contributed by atoms with van der Waals surface area (Å²) in [5.41, 5.74) is 3.43. The van der Waals surface area contributed by atoms with Gasteiger partial charge in [0.2, 0.25) is 0 Å². The van der Waals surface area contributed by atoms with Gasteiger partial charge in [-0.15, -0.1) is 0 Å². The number of halogens is 1. The second-order valence-corrected chi connectivity index (χ2v) is 6.34. The predicted molar refractivity (Wildman–Crippen MR) is 94.0 cm³/mol. The molecular weight excluding hydrogens is 305 g/mol. The minimum atomic E-state index is -0.234. The van der Waals surface area contributed by atoms with E-state index < -0.39 is 0 Å². The van der Waals surface area contributed by atoms with Crippen molar-refractivity contribution in [2.24, 2.45) is 5.92 Å². The maximum absolute atomic E-state index is 14.3. The van der Waals surface area contributed by atoms with Crippen molar-refractivity contribution in [1.82, 2.24) is 0 Å². The van der Waals surface area contributed by atoms with Crippen molar-refractivity contribution >= 4 is 17.3 Å². The minimum absolute atomic E-state index is 0.234. The van der Waals surface area contributed by atoms with E-state index in [9.17, 15) is 4.39 Å². The first-order valence-corrected chi connectivity index (χ1v) is 8.29. The summed E-state index contributed by atoms with van der Waals surface area (Å²) in [5.74, 6) is 1.98. The first kappa shape index (κ1) is 15.1. The standard InChI is InChI=1S/C20H20FNO2/c1-23-16-6-4-14(5-7-16)15-10-17-18(21)8-9-19(20(17)22-11-15)24-12-13-2-3-13/h4-10,13,22H,2-3,11-12H2,1H3. The molecule has 1 heterocycles. The lowest BCUT2D eigenvalue weighted by atomic mass is 9.97. The Labute approximate surface area is 141 Å². The Balaban J connectivity index is 1.64. The highest BCUT2D eigenvalue weighted by molar-refractivity contribution is 5.92. The molecule has 1 aliphatic heterocycles. The Bertz CT molecular complexity index is 779. The molecule has 1 N–H and O–H groups in total. The van der Waals surface area contributed by atoms with Crippen LogP contribution in [0.25, 0.3) is 11.6 Å². The molecule has 0 unspecified atom stereocenters. The van der Waals surface area contributed by atoms with E-state index in [1.54, 1.807) is 13.2 Å². The highest BCUT2D eigenvalue weighted by Gasteiger charge is 2.24. The van der Waals surface area contributed by atoms with Gasteiger partial charge in [-0.05, 0) is 60.2 Å². The molecule has 1 saturated carbocycles. The fourth-order valence-corrected chi connectivity index (χ4v) is 2.91. The predicted octanol–water partition coefficient (Wildman–Crippen LogP) is 4.59. The minimum Gasteiger partial charge on any atom is -0.497 e. The van der Waals surface area contributed by atoms with Gasteiger partial charge in [-0.1, -0.05) is 12.1 Å². The van der Waals surface area contributed by atoms with Gasteiger partial charge < -0.3 is 14.8 Å². The molecule has 2 aliphatic rings. The quantitative estimate of drug-likeness (QED) is 0.872. The van der Waals surface area contributed by atoms with Crippen LogP contribution >= 0.6 is 0 Å². The number of ether oxygens (including phenoxy) is 2. The Morgan fingerprint density at radius 3 is 2.62 bits per heavy atom.